The second kappa shape index (κ2) is 8.89. The Labute approximate surface area is 196 Å². The van der Waals surface area contributed by atoms with Crippen LogP contribution in [0.4, 0.5) is 5.69 Å². The Morgan fingerprint density at radius 1 is 1.06 bits per heavy atom. The molecular weight excluding hydrogens is 412 g/mol. The van der Waals surface area contributed by atoms with Gasteiger partial charge >= 0.3 is 5.97 Å². The van der Waals surface area contributed by atoms with E-state index in [2.05, 4.69) is 19.2 Å². The highest BCUT2D eigenvalue weighted by atomic mass is 16.5. The summed E-state index contributed by atoms with van der Waals surface area (Å²) in [5, 5.41) is 3.39. The molecule has 2 aromatic carbocycles. The molecule has 0 radical (unpaired) electrons. The van der Waals surface area contributed by atoms with Crippen molar-refractivity contribution in [3.05, 3.63) is 88.3 Å². The van der Waals surface area contributed by atoms with E-state index in [9.17, 15) is 9.59 Å². The fraction of sp³-hybridized carbons (Fsp3) is 0.357. The van der Waals surface area contributed by atoms with Gasteiger partial charge in [-0.3, -0.25) is 4.79 Å². The van der Waals surface area contributed by atoms with Crippen LogP contribution in [0.15, 0.2) is 77.1 Å². The van der Waals surface area contributed by atoms with Crippen molar-refractivity contribution in [1.82, 2.24) is 5.32 Å². The predicted molar refractivity (Wildman–Crippen MR) is 131 cm³/mol. The van der Waals surface area contributed by atoms with Crippen LogP contribution in [-0.2, 0) is 20.9 Å². The van der Waals surface area contributed by atoms with Crippen molar-refractivity contribution in [2.75, 3.05) is 19.0 Å². The molecule has 0 saturated heterocycles. The molecule has 4 rings (SSSR count). The highest BCUT2D eigenvalue weighted by molar-refractivity contribution is 6.04. The lowest BCUT2D eigenvalue weighted by Crippen LogP contribution is -2.38. The molecule has 0 saturated carbocycles. The zero-order valence-corrected chi connectivity index (χ0v) is 20.1. The van der Waals surface area contributed by atoms with Gasteiger partial charge in [0, 0.05) is 49.1 Å². The zero-order valence-electron chi connectivity index (χ0n) is 20.1. The van der Waals surface area contributed by atoms with Crippen molar-refractivity contribution in [3.8, 4) is 0 Å². The third kappa shape index (κ3) is 4.72. The Kier molecular flexibility index (Phi) is 6.15. The molecule has 0 aromatic heterocycles. The van der Waals surface area contributed by atoms with E-state index in [0.29, 0.717) is 17.6 Å². The molecule has 1 N–H and O–H groups in total. The monoisotopic (exact) mass is 444 g/mol. The lowest BCUT2D eigenvalue weighted by atomic mass is 9.68. The molecule has 0 fully saturated rings. The lowest BCUT2D eigenvalue weighted by Gasteiger charge is -2.39. The highest BCUT2D eigenvalue weighted by Gasteiger charge is 2.43. The first-order valence-corrected chi connectivity index (χ1v) is 11.4. The molecule has 33 heavy (non-hydrogen) atoms. The molecular formula is C28H32N2O3. The minimum Gasteiger partial charge on any atom is -0.457 e. The molecule has 1 aliphatic heterocycles. The maximum atomic E-state index is 13.4. The van der Waals surface area contributed by atoms with E-state index in [1.54, 1.807) is 0 Å². The summed E-state index contributed by atoms with van der Waals surface area (Å²) in [6.45, 7) is 6.31. The normalized spacial score (nSPS) is 19.7. The third-order valence-electron chi connectivity index (χ3n) is 6.42. The van der Waals surface area contributed by atoms with Crippen molar-refractivity contribution < 1.29 is 14.3 Å². The van der Waals surface area contributed by atoms with Gasteiger partial charge < -0.3 is 15.0 Å². The van der Waals surface area contributed by atoms with Gasteiger partial charge in [0.2, 0.25) is 0 Å². The van der Waals surface area contributed by atoms with Crippen LogP contribution >= 0.6 is 0 Å². The first-order chi connectivity index (χ1) is 15.7. The van der Waals surface area contributed by atoms with Crippen LogP contribution in [0.25, 0.3) is 0 Å². The molecule has 172 valence electrons. The zero-order chi connectivity index (χ0) is 23.8. The molecule has 5 nitrogen and oxygen atoms in total. The van der Waals surface area contributed by atoms with Crippen molar-refractivity contribution in [2.24, 2.45) is 5.41 Å². The Morgan fingerprint density at radius 2 is 1.73 bits per heavy atom. The summed E-state index contributed by atoms with van der Waals surface area (Å²) in [5.41, 5.74) is 5.68. The average Bonchev–Trinajstić information content (AvgIpc) is 2.76. The number of nitrogens with zero attached hydrogens (tertiary/aromatic N) is 1. The summed E-state index contributed by atoms with van der Waals surface area (Å²) in [4.78, 5) is 28.8. The second-order valence-electron chi connectivity index (χ2n) is 9.98. The molecule has 0 bridgehead atoms. The van der Waals surface area contributed by atoms with Gasteiger partial charge in [-0.1, -0.05) is 56.3 Å². The van der Waals surface area contributed by atoms with Crippen molar-refractivity contribution >= 4 is 17.4 Å². The Bertz CT molecular complexity index is 1130. The number of nitrogens with one attached hydrogen (secondary N) is 1. The molecule has 0 amide bonds. The van der Waals surface area contributed by atoms with Crippen LogP contribution in [0.5, 0.6) is 0 Å². The maximum Gasteiger partial charge on any atom is 0.337 e. The van der Waals surface area contributed by atoms with Gasteiger partial charge in [-0.2, -0.15) is 0 Å². The summed E-state index contributed by atoms with van der Waals surface area (Å²) in [6.07, 6.45) is 1.23. The van der Waals surface area contributed by atoms with Gasteiger partial charge in [-0.05, 0) is 42.0 Å². The standard InChI is InChI=1S/C28H32N2O3/c1-18-24(27(32)33-17-19-9-7-6-8-10-19)25(20-11-13-21(14-12-20)30(4)5)26-22(29-18)15-28(2,3)16-23(26)31/h6-14,25,29H,15-17H2,1-5H3/t25-/m1/s1. The highest BCUT2D eigenvalue weighted by Crippen LogP contribution is 2.47. The number of hydrogen-bond donors (Lipinski definition) is 1. The Morgan fingerprint density at radius 3 is 2.36 bits per heavy atom. The van der Waals surface area contributed by atoms with E-state index in [-0.39, 0.29) is 17.8 Å². The first-order valence-electron chi connectivity index (χ1n) is 11.4. The van der Waals surface area contributed by atoms with Gasteiger partial charge in [0.15, 0.2) is 5.78 Å². The Hall–Kier alpha value is -3.34. The van der Waals surface area contributed by atoms with E-state index in [1.807, 2.05) is 80.5 Å². The van der Waals surface area contributed by atoms with Crippen LogP contribution in [0.2, 0.25) is 0 Å². The molecule has 2 aromatic rings. The number of carbonyl (C=O) groups excluding carboxylic acids is 2. The van der Waals surface area contributed by atoms with E-state index in [4.69, 9.17) is 4.74 Å². The average molecular weight is 445 g/mol. The molecule has 1 aliphatic carbocycles. The van der Waals surface area contributed by atoms with Crippen molar-refractivity contribution in [2.45, 2.75) is 46.1 Å². The quantitative estimate of drug-likeness (QED) is 0.650. The molecule has 5 heteroatoms. The lowest BCUT2D eigenvalue weighted by molar-refractivity contribution is -0.140. The molecule has 2 aliphatic rings. The van der Waals surface area contributed by atoms with Gasteiger partial charge in [0.25, 0.3) is 0 Å². The molecule has 0 spiro atoms. The molecule has 1 atom stereocenters. The second-order valence-corrected chi connectivity index (χ2v) is 9.98. The topological polar surface area (TPSA) is 58.6 Å². The summed E-state index contributed by atoms with van der Waals surface area (Å²) >= 11 is 0. The number of benzene rings is 2. The summed E-state index contributed by atoms with van der Waals surface area (Å²) in [6, 6.07) is 17.7. The van der Waals surface area contributed by atoms with Gasteiger partial charge in [0.1, 0.15) is 6.61 Å². The van der Waals surface area contributed by atoms with Gasteiger partial charge in [-0.25, -0.2) is 4.79 Å². The number of Topliss-reactive ketones (excluding diaryl/α,β-unsaturated/α-hetero) is 1. The third-order valence-corrected chi connectivity index (χ3v) is 6.42. The smallest absolute Gasteiger partial charge is 0.337 e. The van der Waals surface area contributed by atoms with E-state index in [1.165, 1.54) is 0 Å². The van der Waals surface area contributed by atoms with Crippen LogP contribution in [0.3, 0.4) is 0 Å². The minimum absolute atomic E-state index is 0.0938. The van der Waals surface area contributed by atoms with E-state index < -0.39 is 11.9 Å². The summed E-state index contributed by atoms with van der Waals surface area (Å²) in [5.74, 6) is -0.740. The maximum absolute atomic E-state index is 13.4. The number of ketones is 1. The number of carbonyl (C=O) groups is 2. The fourth-order valence-corrected chi connectivity index (χ4v) is 4.81. The van der Waals surface area contributed by atoms with Crippen molar-refractivity contribution in [1.29, 1.82) is 0 Å². The summed E-state index contributed by atoms with van der Waals surface area (Å²) < 4.78 is 5.73. The van der Waals surface area contributed by atoms with Crippen LogP contribution < -0.4 is 10.2 Å². The Balaban J connectivity index is 1.74. The SMILES string of the molecule is CC1=C(C(=O)OCc2ccccc2)[C@@H](c2ccc(N(C)C)cc2)C2=C(CC(C)(C)CC2=O)N1. The minimum atomic E-state index is -0.440. The van der Waals surface area contributed by atoms with Gasteiger partial charge in [0.05, 0.1) is 5.57 Å². The van der Waals surface area contributed by atoms with Crippen LogP contribution in [0, 0.1) is 5.41 Å². The fourth-order valence-electron chi connectivity index (χ4n) is 4.81. The number of anilines is 1. The number of allylic oxidation sites excluding steroid dienone is 3. The number of ether oxygens (including phenoxy) is 1. The predicted octanol–water partition coefficient (Wildman–Crippen LogP) is 5.10. The van der Waals surface area contributed by atoms with Gasteiger partial charge in [-0.15, -0.1) is 0 Å². The molecule has 1 heterocycles. The van der Waals surface area contributed by atoms with Crippen LogP contribution in [-0.4, -0.2) is 25.8 Å². The van der Waals surface area contributed by atoms with Crippen LogP contribution in [0.1, 0.15) is 50.7 Å². The number of rotatable bonds is 5. The van der Waals surface area contributed by atoms with E-state index >= 15 is 0 Å². The first kappa shape index (κ1) is 22.8. The summed E-state index contributed by atoms with van der Waals surface area (Å²) in [7, 11) is 3.98. The number of esters is 1. The number of hydrogen-bond acceptors (Lipinski definition) is 5. The van der Waals surface area contributed by atoms with E-state index in [0.717, 1.165) is 34.6 Å². The number of dihydropyridines is 1. The van der Waals surface area contributed by atoms with Crippen molar-refractivity contribution in [3.63, 3.8) is 0 Å². The largest absolute Gasteiger partial charge is 0.457 e. The molecule has 0 unspecified atom stereocenters.